The summed E-state index contributed by atoms with van der Waals surface area (Å²) < 4.78 is 0. The minimum atomic E-state index is -0.282. The molecule has 2 aromatic rings. The van der Waals surface area contributed by atoms with E-state index in [0.29, 0.717) is 34.9 Å². The van der Waals surface area contributed by atoms with E-state index in [4.69, 9.17) is 11.6 Å². The van der Waals surface area contributed by atoms with Crippen LogP contribution in [0.2, 0.25) is 5.02 Å². The fraction of sp³-hybridized carbons (Fsp3) is 0.286. The molecule has 6 nitrogen and oxygen atoms in total. The fourth-order valence-corrected chi connectivity index (χ4v) is 3.33. The average molecular weight is 400 g/mol. The zero-order valence-corrected chi connectivity index (χ0v) is 16.6. The molecule has 3 rings (SSSR count). The molecule has 1 aliphatic rings. The number of carbonyl (C=O) groups excluding carboxylic acids is 3. The van der Waals surface area contributed by atoms with Gasteiger partial charge in [0.15, 0.2) is 0 Å². The summed E-state index contributed by atoms with van der Waals surface area (Å²) in [4.78, 5) is 40.4. The van der Waals surface area contributed by atoms with Crippen molar-refractivity contribution >= 4 is 35.0 Å². The quantitative estimate of drug-likeness (QED) is 0.726. The number of nitrogens with zero attached hydrogens (tertiary/aromatic N) is 2. The Kier molecular flexibility index (Phi) is 6.11. The number of imide groups is 1. The lowest BCUT2D eigenvalue weighted by Gasteiger charge is -2.23. The van der Waals surface area contributed by atoms with Crippen molar-refractivity contribution in [3.63, 3.8) is 0 Å². The van der Waals surface area contributed by atoms with Gasteiger partial charge in [0, 0.05) is 23.8 Å². The van der Waals surface area contributed by atoms with Crippen LogP contribution in [0.25, 0.3) is 0 Å². The fourth-order valence-electron chi connectivity index (χ4n) is 3.15. The molecule has 0 fully saturated rings. The van der Waals surface area contributed by atoms with E-state index in [-0.39, 0.29) is 30.8 Å². The normalized spacial score (nSPS) is 13.2. The summed E-state index contributed by atoms with van der Waals surface area (Å²) in [6.45, 7) is 5.26. The van der Waals surface area contributed by atoms with Crippen LogP contribution in [0.5, 0.6) is 0 Å². The molecular weight excluding hydrogens is 378 g/mol. The highest BCUT2D eigenvalue weighted by Crippen LogP contribution is 2.22. The van der Waals surface area contributed by atoms with Crippen LogP contribution in [-0.4, -0.2) is 53.7 Å². The molecule has 0 saturated carbocycles. The first-order valence-corrected chi connectivity index (χ1v) is 9.52. The number of rotatable bonds is 7. The number of anilines is 1. The van der Waals surface area contributed by atoms with Gasteiger partial charge in [-0.05, 0) is 43.3 Å². The van der Waals surface area contributed by atoms with Crippen molar-refractivity contribution in [2.45, 2.75) is 13.8 Å². The van der Waals surface area contributed by atoms with Crippen LogP contribution in [0, 0.1) is 6.92 Å². The summed E-state index contributed by atoms with van der Waals surface area (Å²) in [5, 5.41) is 3.42. The highest BCUT2D eigenvalue weighted by molar-refractivity contribution is 6.31. The first-order valence-electron chi connectivity index (χ1n) is 9.14. The lowest BCUT2D eigenvalue weighted by Crippen LogP contribution is -2.41. The lowest BCUT2D eigenvalue weighted by molar-refractivity contribution is -0.117. The van der Waals surface area contributed by atoms with Gasteiger partial charge >= 0.3 is 0 Å². The Balaban J connectivity index is 1.58. The summed E-state index contributed by atoms with van der Waals surface area (Å²) in [7, 11) is 0. The SMILES string of the molecule is CCN(CCN1C(=O)c2ccccc2C1=O)CC(=O)Nc1cc(Cl)ccc1C. The molecule has 146 valence electrons. The van der Waals surface area contributed by atoms with E-state index in [1.807, 2.05) is 24.8 Å². The van der Waals surface area contributed by atoms with E-state index in [9.17, 15) is 14.4 Å². The predicted octanol–water partition coefficient (Wildman–Crippen LogP) is 3.21. The number of halogens is 1. The Hall–Kier alpha value is -2.70. The molecule has 0 atom stereocenters. The maximum Gasteiger partial charge on any atom is 0.261 e. The van der Waals surface area contributed by atoms with Gasteiger partial charge in [-0.2, -0.15) is 0 Å². The Morgan fingerprint density at radius 2 is 1.75 bits per heavy atom. The van der Waals surface area contributed by atoms with E-state index in [1.165, 1.54) is 4.90 Å². The smallest absolute Gasteiger partial charge is 0.261 e. The number of aryl methyl sites for hydroxylation is 1. The lowest BCUT2D eigenvalue weighted by atomic mass is 10.1. The van der Waals surface area contributed by atoms with Crippen LogP contribution >= 0.6 is 11.6 Å². The van der Waals surface area contributed by atoms with Crippen LogP contribution in [0.4, 0.5) is 5.69 Å². The van der Waals surface area contributed by atoms with Crippen molar-refractivity contribution in [3.8, 4) is 0 Å². The van der Waals surface area contributed by atoms with Crippen molar-refractivity contribution in [1.82, 2.24) is 9.80 Å². The van der Waals surface area contributed by atoms with Gasteiger partial charge in [0.2, 0.25) is 5.91 Å². The monoisotopic (exact) mass is 399 g/mol. The van der Waals surface area contributed by atoms with Crippen molar-refractivity contribution in [1.29, 1.82) is 0 Å². The summed E-state index contributed by atoms with van der Waals surface area (Å²) in [6.07, 6.45) is 0. The molecule has 0 bridgehead atoms. The molecule has 0 aromatic heterocycles. The average Bonchev–Trinajstić information content (AvgIpc) is 2.92. The number of likely N-dealkylation sites (N-methyl/N-ethyl adjacent to an activating group) is 1. The topological polar surface area (TPSA) is 69.7 Å². The van der Waals surface area contributed by atoms with Crippen molar-refractivity contribution in [3.05, 3.63) is 64.2 Å². The van der Waals surface area contributed by atoms with Gasteiger partial charge in [0.1, 0.15) is 0 Å². The zero-order valence-electron chi connectivity index (χ0n) is 15.9. The second-order valence-electron chi connectivity index (χ2n) is 6.68. The van der Waals surface area contributed by atoms with Gasteiger partial charge in [-0.15, -0.1) is 0 Å². The number of nitrogens with one attached hydrogen (secondary N) is 1. The molecule has 1 heterocycles. The van der Waals surface area contributed by atoms with Crippen LogP contribution < -0.4 is 5.32 Å². The number of amides is 3. The second-order valence-corrected chi connectivity index (χ2v) is 7.12. The molecule has 28 heavy (non-hydrogen) atoms. The van der Waals surface area contributed by atoms with Crippen molar-refractivity contribution in [2.24, 2.45) is 0 Å². The van der Waals surface area contributed by atoms with E-state index < -0.39 is 0 Å². The van der Waals surface area contributed by atoms with Crippen molar-refractivity contribution < 1.29 is 14.4 Å². The van der Waals surface area contributed by atoms with E-state index >= 15 is 0 Å². The molecular formula is C21H22ClN3O3. The molecule has 0 aliphatic carbocycles. The minimum absolute atomic E-state index is 0.158. The number of carbonyl (C=O) groups is 3. The summed E-state index contributed by atoms with van der Waals surface area (Å²) in [6, 6.07) is 12.1. The van der Waals surface area contributed by atoms with Gasteiger partial charge in [-0.25, -0.2) is 0 Å². The zero-order chi connectivity index (χ0) is 20.3. The largest absolute Gasteiger partial charge is 0.325 e. The molecule has 7 heteroatoms. The molecule has 1 aliphatic heterocycles. The number of hydrogen-bond donors (Lipinski definition) is 1. The number of benzene rings is 2. The van der Waals surface area contributed by atoms with E-state index in [2.05, 4.69) is 5.32 Å². The highest BCUT2D eigenvalue weighted by Gasteiger charge is 2.34. The van der Waals surface area contributed by atoms with Gasteiger partial charge < -0.3 is 5.32 Å². The summed E-state index contributed by atoms with van der Waals surface area (Å²) in [5.41, 5.74) is 2.47. The molecule has 0 unspecified atom stereocenters. The Morgan fingerprint density at radius 1 is 1.11 bits per heavy atom. The molecule has 0 spiro atoms. The molecule has 3 amide bonds. The number of hydrogen-bond acceptors (Lipinski definition) is 4. The molecule has 1 N–H and O–H groups in total. The summed E-state index contributed by atoms with van der Waals surface area (Å²) in [5.74, 6) is -0.735. The maximum absolute atomic E-state index is 12.4. The Bertz CT molecular complexity index is 894. The third kappa shape index (κ3) is 4.24. The third-order valence-electron chi connectivity index (χ3n) is 4.81. The molecule has 0 saturated heterocycles. The van der Waals surface area contributed by atoms with E-state index in [1.54, 1.807) is 36.4 Å². The maximum atomic E-state index is 12.4. The van der Waals surface area contributed by atoms with Crippen LogP contribution in [0.3, 0.4) is 0 Å². The van der Waals surface area contributed by atoms with Crippen LogP contribution in [0.1, 0.15) is 33.2 Å². The Labute approximate surface area is 169 Å². The van der Waals surface area contributed by atoms with Gasteiger partial charge in [0.05, 0.1) is 17.7 Å². The van der Waals surface area contributed by atoms with Gasteiger partial charge in [-0.1, -0.05) is 36.7 Å². The highest BCUT2D eigenvalue weighted by atomic mass is 35.5. The second kappa shape index (κ2) is 8.54. The molecule has 2 aromatic carbocycles. The first-order chi connectivity index (χ1) is 13.4. The van der Waals surface area contributed by atoms with Crippen LogP contribution in [0.15, 0.2) is 42.5 Å². The summed E-state index contributed by atoms with van der Waals surface area (Å²) >= 11 is 5.99. The predicted molar refractivity (Wildman–Crippen MR) is 109 cm³/mol. The standard InChI is InChI=1S/C21H22ClN3O3/c1-3-24(13-19(26)23-18-12-15(22)9-8-14(18)2)10-11-25-20(27)16-6-4-5-7-17(16)21(25)28/h4-9,12H,3,10-11,13H2,1-2H3,(H,23,26). The first kappa shape index (κ1) is 20.0. The number of fused-ring (bicyclic) bond motifs is 1. The van der Waals surface area contributed by atoms with Crippen molar-refractivity contribution in [2.75, 3.05) is 31.5 Å². The van der Waals surface area contributed by atoms with Gasteiger partial charge in [0.25, 0.3) is 11.8 Å². The molecule has 0 radical (unpaired) electrons. The van der Waals surface area contributed by atoms with Gasteiger partial charge in [-0.3, -0.25) is 24.2 Å². The van der Waals surface area contributed by atoms with Crippen LogP contribution in [-0.2, 0) is 4.79 Å². The Morgan fingerprint density at radius 3 is 2.36 bits per heavy atom. The minimum Gasteiger partial charge on any atom is -0.325 e. The van der Waals surface area contributed by atoms with E-state index in [0.717, 1.165) is 5.56 Å². The third-order valence-corrected chi connectivity index (χ3v) is 5.04.